The van der Waals surface area contributed by atoms with Gasteiger partial charge in [-0.25, -0.2) is 0 Å². The fourth-order valence-corrected chi connectivity index (χ4v) is 4.98. The zero-order valence-corrected chi connectivity index (χ0v) is 16.1. The maximum Gasteiger partial charge on any atom is 0.240 e. The van der Waals surface area contributed by atoms with Crippen molar-refractivity contribution in [1.29, 1.82) is 0 Å². The molecule has 0 unspecified atom stereocenters. The summed E-state index contributed by atoms with van der Waals surface area (Å²) in [5.41, 5.74) is 0.440. The van der Waals surface area contributed by atoms with Gasteiger partial charge in [0.05, 0.1) is 16.8 Å². The van der Waals surface area contributed by atoms with Crippen LogP contribution in [-0.2, 0) is 9.59 Å². The van der Waals surface area contributed by atoms with E-state index >= 15 is 0 Å². The number of fused-ring (bicyclic) bond motifs is 2. The molecule has 0 spiro atoms. The number of aliphatic imine (C=N–C) groups is 1. The van der Waals surface area contributed by atoms with Crippen LogP contribution in [0.15, 0.2) is 35.3 Å². The van der Waals surface area contributed by atoms with E-state index < -0.39 is 5.25 Å². The van der Waals surface area contributed by atoms with Gasteiger partial charge < -0.3 is 10.6 Å². The van der Waals surface area contributed by atoms with Gasteiger partial charge in [0.1, 0.15) is 5.25 Å². The molecular formula is C18H17Cl2N3O2S. The van der Waals surface area contributed by atoms with Crippen LogP contribution in [0.25, 0.3) is 0 Å². The van der Waals surface area contributed by atoms with Crippen LogP contribution in [0, 0.1) is 11.8 Å². The molecule has 2 fully saturated rings. The van der Waals surface area contributed by atoms with Gasteiger partial charge in [-0.1, -0.05) is 47.1 Å². The van der Waals surface area contributed by atoms with Gasteiger partial charge in [-0.3, -0.25) is 14.6 Å². The van der Waals surface area contributed by atoms with Crippen LogP contribution in [0.5, 0.6) is 0 Å². The molecule has 5 nitrogen and oxygen atoms in total. The number of hydrogen-bond acceptors (Lipinski definition) is 4. The van der Waals surface area contributed by atoms with Crippen LogP contribution >= 0.6 is 35.0 Å². The van der Waals surface area contributed by atoms with Gasteiger partial charge in [-0.2, -0.15) is 0 Å². The number of nitrogens with one attached hydrogen (secondary N) is 2. The fraction of sp³-hybridized carbons (Fsp3) is 0.389. The number of rotatable bonds is 4. The normalized spacial score (nSPS) is 30.8. The van der Waals surface area contributed by atoms with Crippen molar-refractivity contribution in [1.82, 2.24) is 5.32 Å². The molecule has 0 radical (unpaired) electrons. The maximum absolute atomic E-state index is 12.3. The lowest BCUT2D eigenvalue weighted by atomic mass is 10.0. The minimum atomic E-state index is -0.485. The average Bonchev–Trinajstić information content (AvgIpc) is 3.28. The first-order chi connectivity index (χ1) is 12.5. The first-order valence-electron chi connectivity index (χ1n) is 8.46. The van der Waals surface area contributed by atoms with Crippen LogP contribution in [-0.4, -0.2) is 28.3 Å². The summed E-state index contributed by atoms with van der Waals surface area (Å²) in [5, 5.41) is 6.53. The Morgan fingerprint density at radius 1 is 1.31 bits per heavy atom. The monoisotopic (exact) mass is 409 g/mol. The summed E-state index contributed by atoms with van der Waals surface area (Å²) in [6, 6.07) is 5.09. The summed E-state index contributed by atoms with van der Waals surface area (Å²) in [5.74, 6) is 0.642. The quantitative estimate of drug-likeness (QED) is 0.741. The summed E-state index contributed by atoms with van der Waals surface area (Å²) in [6.45, 7) is 0. The highest BCUT2D eigenvalue weighted by atomic mass is 35.5. The highest BCUT2D eigenvalue weighted by molar-refractivity contribution is 8.15. The molecule has 2 amide bonds. The van der Waals surface area contributed by atoms with Gasteiger partial charge in [-0.05, 0) is 42.9 Å². The first kappa shape index (κ1) is 17.9. The number of amidine groups is 1. The van der Waals surface area contributed by atoms with Crippen molar-refractivity contribution in [3.8, 4) is 0 Å². The van der Waals surface area contributed by atoms with Crippen LogP contribution in [0.2, 0.25) is 10.0 Å². The van der Waals surface area contributed by atoms with Crippen LogP contribution in [0.3, 0.4) is 0 Å². The molecule has 1 saturated heterocycles. The third kappa shape index (κ3) is 3.77. The summed E-state index contributed by atoms with van der Waals surface area (Å²) >= 11 is 13.3. The lowest BCUT2D eigenvalue weighted by molar-refractivity contribution is -0.122. The highest BCUT2D eigenvalue weighted by Crippen LogP contribution is 2.41. The molecule has 26 heavy (non-hydrogen) atoms. The van der Waals surface area contributed by atoms with Gasteiger partial charge in [0.15, 0.2) is 5.17 Å². The van der Waals surface area contributed by atoms with E-state index in [-0.39, 0.29) is 24.3 Å². The van der Waals surface area contributed by atoms with E-state index in [0.717, 1.165) is 12.8 Å². The minimum absolute atomic E-state index is 0.0506. The Kier molecular flexibility index (Phi) is 4.99. The Hall–Kier alpha value is -1.50. The number of benzene rings is 1. The lowest BCUT2D eigenvalue weighted by Crippen LogP contribution is -2.28. The van der Waals surface area contributed by atoms with Crippen molar-refractivity contribution in [2.75, 3.05) is 5.32 Å². The molecule has 8 heteroatoms. The molecule has 3 aliphatic rings. The van der Waals surface area contributed by atoms with Gasteiger partial charge >= 0.3 is 0 Å². The summed E-state index contributed by atoms with van der Waals surface area (Å²) in [7, 11) is 0. The SMILES string of the molecule is O=C(C[C@H]1SC(=N[C@@H]2C[C@@H]3C=C[C@@H]2C3)NC1=O)Nc1cc(Cl)ccc1Cl. The Balaban J connectivity index is 1.36. The van der Waals surface area contributed by atoms with Crippen LogP contribution in [0.1, 0.15) is 19.3 Å². The zero-order valence-electron chi connectivity index (χ0n) is 13.7. The van der Waals surface area contributed by atoms with Crippen molar-refractivity contribution in [3.05, 3.63) is 40.4 Å². The molecular weight excluding hydrogens is 393 g/mol. The van der Waals surface area contributed by atoms with E-state index in [1.54, 1.807) is 18.2 Å². The number of carbonyl (C=O) groups is 2. The molecule has 136 valence electrons. The molecule has 0 aromatic heterocycles. The molecule has 4 rings (SSSR count). The number of halogens is 2. The number of allylic oxidation sites excluding steroid dienone is 1. The van der Waals surface area contributed by atoms with Gasteiger partial charge in [-0.15, -0.1) is 0 Å². The van der Waals surface area contributed by atoms with Crippen LogP contribution < -0.4 is 10.6 Å². The topological polar surface area (TPSA) is 70.6 Å². The Labute approximate surface area is 165 Å². The van der Waals surface area contributed by atoms with E-state index in [2.05, 4.69) is 22.8 Å². The number of nitrogens with zero attached hydrogens (tertiary/aromatic N) is 1. The third-order valence-electron chi connectivity index (χ3n) is 4.88. The number of hydrogen-bond donors (Lipinski definition) is 2. The van der Waals surface area contributed by atoms with Crippen molar-refractivity contribution in [2.24, 2.45) is 16.8 Å². The smallest absolute Gasteiger partial charge is 0.240 e. The molecule has 2 aliphatic carbocycles. The summed E-state index contributed by atoms with van der Waals surface area (Å²) in [4.78, 5) is 29.2. The van der Waals surface area contributed by atoms with E-state index in [4.69, 9.17) is 28.2 Å². The first-order valence-corrected chi connectivity index (χ1v) is 10.1. The highest BCUT2D eigenvalue weighted by Gasteiger charge is 2.38. The molecule has 1 aliphatic heterocycles. The second kappa shape index (κ2) is 7.25. The van der Waals surface area contributed by atoms with Crippen LogP contribution in [0.4, 0.5) is 5.69 Å². The van der Waals surface area contributed by atoms with Crippen molar-refractivity contribution < 1.29 is 9.59 Å². The van der Waals surface area contributed by atoms with E-state index in [9.17, 15) is 9.59 Å². The molecule has 2 bridgehead atoms. The Bertz CT molecular complexity index is 827. The van der Waals surface area contributed by atoms with E-state index in [1.807, 2.05) is 0 Å². The van der Waals surface area contributed by atoms with Gasteiger partial charge in [0, 0.05) is 11.4 Å². The number of anilines is 1. The molecule has 1 aromatic rings. The number of thioether (sulfide) groups is 1. The van der Waals surface area contributed by atoms with Crippen molar-refractivity contribution in [2.45, 2.75) is 30.6 Å². The maximum atomic E-state index is 12.3. The average molecular weight is 410 g/mol. The lowest BCUT2D eigenvalue weighted by Gasteiger charge is -2.13. The van der Waals surface area contributed by atoms with E-state index in [0.29, 0.717) is 32.7 Å². The minimum Gasteiger partial charge on any atom is -0.325 e. The molecule has 2 N–H and O–H groups in total. The summed E-state index contributed by atoms with van der Waals surface area (Å²) in [6.07, 6.45) is 6.74. The molecule has 1 aromatic carbocycles. The van der Waals surface area contributed by atoms with E-state index in [1.165, 1.54) is 11.8 Å². The fourth-order valence-electron chi connectivity index (χ4n) is 3.61. The summed E-state index contributed by atoms with van der Waals surface area (Å²) < 4.78 is 0. The number of carbonyl (C=O) groups excluding carboxylic acids is 2. The Morgan fingerprint density at radius 3 is 2.88 bits per heavy atom. The van der Waals surface area contributed by atoms with Gasteiger partial charge in [0.2, 0.25) is 11.8 Å². The van der Waals surface area contributed by atoms with Crippen molar-refractivity contribution in [3.63, 3.8) is 0 Å². The molecule has 4 atom stereocenters. The second-order valence-electron chi connectivity index (χ2n) is 6.75. The molecule has 1 saturated carbocycles. The standard InChI is InChI=1S/C18H17Cl2N3O2S/c19-11-3-4-12(20)14(7-11)21-16(24)8-15-17(25)23-18(26-15)22-13-6-9-1-2-10(13)5-9/h1-4,7,9-10,13,15H,5-6,8H2,(H,21,24)(H,22,23,25)/t9-,10-,13-,15-/m1/s1. The Morgan fingerprint density at radius 2 is 2.15 bits per heavy atom. The van der Waals surface area contributed by atoms with Gasteiger partial charge in [0.25, 0.3) is 0 Å². The van der Waals surface area contributed by atoms with Crippen molar-refractivity contribution >= 4 is 57.6 Å². The number of amides is 2. The predicted octanol–water partition coefficient (Wildman–Crippen LogP) is 3.87. The predicted molar refractivity (Wildman–Crippen MR) is 106 cm³/mol. The third-order valence-corrected chi connectivity index (χ3v) is 6.54. The second-order valence-corrected chi connectivity index (χ2v) is 8.79. The largest absolute Gasteiger partial charge is 0.325 e. The molecule has 1 heterocycles. The zero-order chi connectivity index (χ0) is 18.3.